The molecule has 1 rings (SSSR count). The van der Waals surface area contributed by atoms with Gasteiger partial charge in [0.15, 0.2) is 0 Å². The first kappa shape index (κ1) is 15.6. The number of halogens is 3. The fourth-order valence-electron chi connectivity index (χ4n) is 0.940. The van der Waals surface area contributed by atoms with Crippen LogP contribution in [-0.2, 0) is 11.2 Å². The largest absolute Gasteiger partial charge is 1.00 e. The maximum atomic E-state index is 11.7. The SMILES string of the molecule is F[B-](F)(F)COCCc1ccccn1.[K+]. The van der Waals surface area contributed by atoms with Gasteiger partial charge in [-0.2, -0.15) is 0 Å². The summed E-state index contributed by atoms with van der Waals surface area (Å²) in [5.41, 5.74) is 0.738. The molecule has 0 aliphatic heterocycles. The van der Waals surface area contributed by atoms with E-state index in [0.717, 1.165) is 5.69 Å². The summed E-state index contributed by atoms with van der Waals surface area (Å²) in [6, 6.07) is 5.29. The standard InChI is InChI=1S/C8H10BF3NO.K/c10-9(11,12)7-14-6-4-8-3-1-2-5-13-8;/h1-3,5H,4,6-7H2;/q-1;+1. The van der Waals surface area contributed by atoms with E-state index >= 15 is 0 Å². The molecular formula is C8H10BF3KNO. The molecule has 0 saturated heterocycles. The number of ether oxygens (including phenoxy) is 1. The van der Waals surface area contributed by atoms with Crippen LogP contribution in [0.15, 0.2) is 24.4 Å². The second-order valence-corrected chi connectivity index (χ2v) is 2.86. The molecule has 0 unspecified atom stereocenters. The molecule has 0 aliphatic carbocycles. The Balaban J connectivity index is 0.00000196. The van der Waals surface area contributed by atoms with Gasteiger partial charge in [0.05, 0.1) is 0 Å². The van der Waals surface area contributed by atoms with Crippen LogP contribution in [0.2, 0.25) is 0 Å². The summed E-state index contributed by atoms with van der Waals surface area (Å²) >= 11 is 0. The van der Waals surface area contributed by atoms with Crippen LogP contribution in [-0.4, -0.2) is 25.1 Å². The van der Waals surface area contributed by atoms with E-state index in [-0.39, 0.29) is 58.0 Å². The minimum atomic E-state index is -4.83. The van der Waals surface area contributed by atoms with Crippen LogP contribution in [0, 0.1) is 0 Å². The van der Waals surface area contributed by atoms with Gasteiger partial charge < -0.3 is 17.7 Å². The molecule has 1 heterocycles. The predicted molar refractivity (Wildman–Crippen MR) is 47.8 cm³/mol. The third-order valence-electron chi connectivity index (χ3n) is 1.54. The van der Waals surface area contributed by atoms with E-state index in [1.165, 1.54) is 0 Å². The van der Waals surface area contributed by atoms with Crippen molar-refractivity contribution in [3.63, 3.8) is 0 Å². The molecule has 0 bridgehead atoms. The zero-order valence-corrected chi connectivity index (χ0v) is 11.6. The molecule has 0 fully saturated rings. The molecule has 0 N–H and O–H groups in total. The fourth-order valence-corrected chi connectivity index (χ4v) is 0.940. The Kier molecular flexibility index (Phi) is 8.12. The van der Waals surface area contributed by atoms with E-state index in [1.54, 1.807) is 24.4 Å². The van der Waals surface area contributed by atoms with Crippen LogP contribution in [0.3, 0.4) is 0 Å². The zero-order valence-electron chi connectivity index (χ0n) is 8.50. The van der Waals surface area contributed by atoms with Gasteiger partial charge in [-0.15, -0.1) is 0 Å². The van der Waals surface area contributed by atoms with Crippen LogP contribution >= 0.6 is 0 Å². The quantitative estimate of drug-likeness (QED) is 0.490. The van der Waals surface area contributed by atoms with E-state index < -0.39 is 13.5 Å². The van der Waals surface area contributed by atoms with Crippen LogP contribution in [0.4, 0.5) is 12.9 Å². The molecule has 0 aromatic carbocycles. The summed E-state index contributed by atoms with van der Waals surface area (Å²) in [6.07, 6.45) is 2.01. The molecule has 1 aromatic rings. The van der Waals surface area contributed by atoms with Gasteiger partial charge in [-0.3, -0.25) is 4.98 Å². The molecule has 0 spiro atoms. The molecule has 0 amide bonds. The van der Waals surface area contributed by atoms with Gasteiger partial charge in [0, 0.05) is 31.4 Å². The average Bonchev–Trinajstić information content (AvgIpc) is 2.13. The molecular weight excluding hydrogens is 233 g/mol. The first-order valence-corrected chi connectivity index (χ1v) is 4.26. The summed E-state index contributed by atoms with van der Waals surface area (Å²) in [4.78, 5) is 3.96. The van der Waals surface area contributed by atoms with Gasteiger partial charge in [-0.1, -0.05) is 6.07 Å². The Hall–Kier alpha value is 0.601. The maximum Gasteiger partial charge on any atom is 1.00 e. The fraction of sp³-hybridized carbons (Fsp3) is 0.375. The second-order valence-electron chi connectivity index (χ2n) is 2.86. The van der Waals surface area contributed by atoms with Gasteiger partial charge in [0.25, 0.3) is 0 Å². The van der Waals surface area contributed by atoms with Gasteiger partial charge in [0.2, 0.25) is 0 Å². The van der Waals surface area contributed by atoms with Crippen molar-refractivity contribution in [3.8, 4) is 0 Å². The van der Waals surface area contributed by atoms with E-state index in [2.05, 4.69) is 9.72 Å². The summed E-state index contributed by atoms with van der Waals surface area (Å²) in [7, 11) is 0. The molecule has 7 heteroatoms. The summed E-state index contributed by atoms with van der Waals surface area (Å²) in [5.74, 6) is 0. The maximum absolute atomic E-state index is 11.7. The number of pyridine rings is 1. The monoisotopic (exact) mass is 243 g/mol. The number of hydrogen-bond acceptors (Lipinski definition) is 2. The first-order valence-electron chi connectivity index (χ1n) is 4.26. The Morgan fingerprint density at radius 3 is 2.53 bits per heavy atom. The normalized spacial score (nSPS) is 10.9. The van der Waals surface area contributed by atoms with Crippen LogP contribution in [0.25, 0.3) is 0 Å². The van der Waals surface area contributed by atoms with Crippen molar-refractivity contribution in [2.75, 3.05) is 13.1 Å². The van der Waals surface area contributed by atoms with Crippen molar-refractivity contribution >= 4 is 6.98 Å². The third-order valence-corrected chi connectivity index (χ3v) is 1.54. The second kappa shape index (κ2) is 7.81. The van der Waals surface area contributed by atoms with Gasteiger partial charge >= 0.3 is 58.4 Å². The Labute approximate surface area is 129 Å². The molecule has 0 radical (unpaired) electrons. The zero-order chi connectivity index (χ0) is 10.4. The Morgan fingerprint density at radius 2 is 2.00 bits per heavy atom. The van der Waals surface area contributed by atoms with Crippen molar-refractivity contribution in [2.24, 2.45) is 0 Å². The summed E-state index contributed by atoms with van der Waals surface area (Å²) in [5, 5.41) is 0. The van der Waals surface area contributed by atoms with Gasteiger partial charge in [-0.25, -0.2) is 0 Å². The first-order chi connectivity index (χ1) is 6.58. The predicted octanol–water partition coefficient (Wildman–Crippen LogP) is -0.969. The smallest absolute Gasteiger partial charge is 0.447 e. The van der Waals surface area contributed by atoms with E-state index in [0.29, 0.717) is 6.42 Å². The molecule has 0 atom stereocenters. The molecule has 15 heavy (non-hydrogen) atoms. The van der Waals surface area contributed by atoms with E-state index in [4.69, 9.17) is 0 Å². The van der Waals surface area contributed by atoms with E-state index in [1.807, 2.05) is 0 Å². The van der Waals surface area contributed by atoms with Crippen molar-refractivity contribution in [1.82, 2.24) is 4.98 Å². The van der Waals surface area contributed by atoms with Crippen LogP contribution in [0.5, 0.6) is 0 Å². The molecule has 78 valence electrons. The Morgan fingerprint density at radius 1 is 1.27 bits per heavy atom. The number of aromatic nitrogens is 1. The van der Waals surface area contributed by atoms with Crippen molar-refractivity contribution < 1.29 is 69.1 Å². The van der Waals surface area contributed by atoms with Gasteiger partial charge in [-0.05, 0) is 12.1 Å². The Bertz CT molecular complexity index is 270. The summed E-state index contributed by atoms with van der Waals surface area (Å²) in [6.45, 7) is -5.91. The number of nitrogens with zero attached hydrogens (tertiary/aromatic N) is 1. The summed E-state index contributed by atoms with van der Waals surface area (Å²) < 4.78 is 39.6. The van der Waals surface area contributed by atoms with Gasteiger partial charge in [0.1, 0.15) is 0 Å². The molecule has 0 saturated carbocycles. The third kappa shape index (κ3) is 8.41. The topological polar surface area (TPSA) is 22.1 Å². The van der Waals surface area contributed by atoms with Crippen molar-refractivity contribution in [2.45, 2.75) is 6.42 Å². The van der Waals surface area contributed by atoms with Crippen LogP contribution < -0.4 is 51.4 Å². The van der Waals surface area contributed by atoms with E-state index in [9.17, 15) is 12.9 Å². The minimum absolute atomic E-state index is 0. The number of hydrogen-bond donors (Lipinski definition) is 0. The average molecular weight is 243 g/mol. The molecule has 2 nitrogen and oxygen atoms in total. The van der Waals surface area contributed by atoms with Crippen molar-refractivity contribution in [3.05, 3.63) is 30.1 Å². The molecule has 1 aromatic heterocycles. The van der Waals surface area contributed by atoms with Crippen LogP contribution in [0.1, 0.15) is 5.69 Å². The minimum Gasteiger partial charge on any atom is -0.447 e. The van der Waals surface area contributed by atoms with Crippen molar-refractivity contribution in [1.29, 1.82) is 0 Å². The molecule has 0 aliphatic rings. The number of rotatable bonds is 5.